The van der Waals surface area contributed by atoms with Gasteiger partial charge < -0.3 is 5.32 Å². The van der Waals surface area contributed by atoms with Crippen LogP contribution in [0.25, 0.3) is 0 Å². The fraction of sp³-hybridized carbons (Fsp3) is 0.562. The molecule has 1 amide bonds. The Hall–Kier alpha value is -1.40. The SMILES string of the molecule is Cc1cc(C)c(NC(=O)C2CCN(S(C)(=O)=O)CC2)cc1C. The highest BCUT2D eigenvalue weighted by atomic mass is 32.2. The Morgan fingerprint density at radius 3 is 2.18 bits per heavy atom. The number of piperidine rings is 1. The van der Waals surface area contributed by atoms with E-state index in [4.69, 9.17) is 0 Å². The highest BCUT2D eigenvalue weighted by Gasteiger charge is 2.29. The lowest BCUT2D eigenvalue weighted by molar-refractivity contribution is -0.120. The quantitative estimate of drug-likeness (QED) is 0.927. The lowest BCUT2D eigenvalue weighted by Crippen LogP contribution is -2.40. The Balaban J connectivity index is 2.01. The molecule has 1 fully saturated rings. The zero-order valence-electron chi connectivity index (χ0n) is 13.6. The Morgan fingerprint density at radius 1 is 1.09 bits per heavy atom. The summed E-state index contributed by atoms with van der Waals surface area (Å²) in [6.07, 6.45) is 2.36. The van der Waals surface area contributed by atoms with Gasteiger partial charge in [0.05, 0.1) is 6.26 Å². The molecule has 2 rings (SSSR count). The van der Waals surface area contributed by atoms with Crippen molar-refractivity contribution in [1.29, 1.82) is 0 Å². The topological polar surface area (TPSA) is 66.5 Å². The predicted molar refractivity (Wildman–Crippen MR) is 88.4 cm³/mol. The normalized spacial score (nSPS) is 17.5. The third-order valence-electron chi connectivity index (χ3n) is 4.39. The maximum Gasteiger partial charge on any atom is 0.227 e. The zero-order valence-corrected chi connectivity index (χ0v) is 14.5. The lowest BCUT2D eigenvalue weighted by atomic mass is 9.96. The first kappa shape index (κ1) is 17.0. The van der Waals surface area contributed by atoms with E-state index in [2.05, 4.69) is 18.3 Å². The van der Waals surface area contributed by atoms with E-state index in [1.54, 1.807) is 0 Å². The van der Waals surface area contributed by atoms with E-state index in [-0.39, 0.29) is 11.8 Å². The molecule has 122 valence electrons. The van der Waals surface area contributed by atoms with Gasteiger partial charge in [0.1, 0.15) is 0 Å². The maximum absolute atomic E-state index is 12.4. The summed E-state index contributed by atoms with van der Waals surface area (Å²) in [5.74, 6) is -0.140. The maximum atomic E-state index is 12.4. The van der Waals surface area contributed by atoms with Crippen molar-refractivity contribution in [3.05, 3.63) is 28.8 Å². The van der Waals surface area contributed by atoms with Crippen molar-refractivity contribution in [2.45, 2.75) is 33.6 Å². The fourth-order valence-corrected chi connectivity index (χ4v) is 3.65. The minimum Gasteiger partial charge on any atom is -0.326 e. The molecule has 22 heavy (non-hydrogen) atoms. The molecule has 0 aromatic heterocycles. The van der Waals surface area contributed by atoms with Gasteiger partial charge in [-0.05, 0) is 56.4 Å². The molecule has 0 spiro atoms. The second kappa shape index (κ2) is 6.38. The van der Waals surface area contributed by atoms with Gasteiger partial charge in [-0.3, -0.25) is 4.79 Å². The number of hydrogen-bond acceptors (Lipinski definition) is 3. The molecule has 6 heteroatoms. The molecule has 0 saturated carbocycles. The molecule has 1 N–H and O–H groups in total. The van der Waals surface area contributed by atoms with Crippen LogP contribution in [0.1, 0.15) is 29.5 Å². The molecule has 1 aliphatic rings. The van der Waals surface area contributed by atoms with Gasteiger partial charge >= 0.3 is 0 Å². The number of carbonyl (C=O) groups is 1. The van der Waals surface area contributed by atoms with Gasteiger partial charge in [-0.2, -0.15) is 0 Å². The summed E-state index contributed by atoms with van der Waals surface area (Å²) < 4.78 is 24.4. The second-order valence-electron chi connectivity index (χ2n) is 6.18. The lowest BCUT2D eigenvalue weighted by Gasteiger charge is -2.29. The first-order chi connectivity index (χ1) is 10.2. The smallest absolute Gasteiger partial charge is 0.227 e. The van der Waals surface area contributed by atoms with E-state index in [0.29, 0.717) is 25.9 Å². The van der Waals surface area contributed by atoms with Crippen molar-refractivity contribution in [2.75, 3.05) is 24.7 Å². The van der Waals surface area contributed by atoms with Crippen LogP contribution in [0.15, 0.2) is 12.1 Å². The van der Waals surface area contributed by atoms with Gasteiger partial charge in [-0.1, -0.05) is 6.07 Å². The number of nitrogens with zero attached hydrogens (tertiary/aromatic N) is 1. The first-order valence-corrected chi connectivity index (χ1v) is 9.37. The summed E-state index contributed by atoms with van der Waals surface area (Å²) in [7, 11) is -3.15. The Kier molecular flexibility index (Phi) is 4.92. The Labute approximate surface area is 132 Å². The molecule has 1 aliphatic heterocycles. The first-order valence-electron chi connectivity index (χ1n) is 7.52. The molecule has 1 aromatic rings. The van der Waals surface area contributed by atoms with Crippen LogP contribution >= 0.6 is 0 Å². The summed E-state index contributed by atoms with van der Waals surface area (Å²) in [5, 5.41) is 2.99. The molecule has 0 radical (unpaired) electrons. The van der Waals surface area contributed by atoms with Crippen LogP contribution in [0.4, 0.5) is 5.69 Å². The van der Waals surface area contributed by atoms with Crippen LogP contribution in [0.3, 0.4) is 0 Å². The van der Waals surface area contributed by atoms with Crippen molar-refractivity contribution < 1.29 is 13.2 Å². The molecular weight excluding hydrogens is 300 g/mol. The van der Waals surface area contributed by atoms with Crippen LogP contribution in [-0.2, 0) is 14.8 Å². The van der Waals surface area contributed by atoms with Crippen molar-refractivity contribution in [2.24, 2.45) is 5.92 Å². The molecule has 1 heterocycles. The third-order valence-corrected chi connectivity index (χ3v) is 5.70. The van der Waals surface area contributed by atoms with Crippen LogP contribution in [-0.4, -0.2) is 38.0 Å². The summed E-state index contributed by atoms with van der Waals surface area (Å²) in [6, 6.07) is 4.06. The summed E-state index contributed by atoms with van der Waals surface area (Å²) >= 11 is 0. The number of nitrogens with one attached hydrogen (secondary N) is 1. The zero-order chi connectivity index (χ0) is 16.5. The number of anilines is 1. The van der Waals surface area contributed by atoms with E-state index in [0.717, 1.165) is 16.8 Å². The van der Waals surface area contributed by atoms with Gasteiger partial charge in [-0.15, -0.1) is 0 Å². The number of sulfonamides is 1. The summed E-state index contributed by atoms with van der Waals surface area (Å²) in [5.41, 5.74) is 4.24. The molecule has 5 nitrogen and oxygen atoms in total. The predicted octanol–water partition coefficient (Wildman–Crippen LogP) is 2.22. The monoisotopic (exact) mass is 324 g/mol. The van der Waals surface area contributed by atoms with Gasteiger partial charge in [0.2, 0.25) is 15.9 Å². The highest BCUT2D eigenvalue weighted by molar-refractivity contribution is 7.88. The molecule has 0 unspecified atom stereocenters. The summed E-state index contributed by atoms with van der Waals surface area (Å²) in [6.45, 7) is 6.89. The number of rotatable bonds is 3. The average Bonchev–Trinajstić information content (AvgIpc) is 2.44. The minimum absolute atomic E-state index is 0.0143. The number of benzene rings is 1. The molecule has 1 aromatic carbocycles. The molecule has 1 saturated heterocycles. The van der Waals surface area contributed by atoms with Gasteiger partial charge in [0, 0.05) is 24.7 Å². The van der Waals surface area contributed by atoms with E-state index < -0.39 is 10.0 Å². The van der Waals surface area contributed by atoms with E-state index in [9.17, 15) is 13.2 Å². The van der Waals surface area contributed by atoms with Crippen molar-refractivity contribution in [3.8, 4) is 0 Å². The van der Waals surface area contributed by atoms with Crippen molar-refractivity contribution in [3.63, 3.8) is 0 Å². The highest BCUT2D eigenvalue weighted by Crippen LogP contribution is 2.24. The van der Waals surface area contributed by atoms with E-state index >= 15 is 0 Å². The number of hydrogen-bond donors (Lipinski definition) is 1. The Bertz CT molecular complexity index is 675. The van der Waals surface area contributed by atoms with Gasteiger partial charge in [-0.25, -0.2) is 12.7 Å². The Morgan fingerprint density at radius 2 is 1.64 bits per heavy atom. The van der Waals surface area contributed by atoms with Gasteiger partial charge in [0.25, 0.3) is 0 Å². The van der Waals surface area contributed by atoms with Crippen LogP contribution in [0, 0.1) is 26.7 Å². The van der Waals surface area contributed by atoms with Crippen LogP contribution in [0.5, 0.6) is 0 Å². The molecular formula is C16H24N2O3S. The van der Waals surface area contributed by atoms with Crippen LogP contribution in [0.2, 0.25) is 0 Å². The molecule has 0 atom stereocenters. The standard InChI is InChI=1S/C16H24N2O3S/c1-11-9-13(3)15(10-12(11)2)17-16(19)14-5-7-18(8-6-14)22(4,20)21/h9-10,14H,5-8H2,1-4H3,(H,17,19). The average molecular weight is 324 g/mol. The van der Waals surface area contributed by atoms with E-state index in [1.807, 2.05) is 19.9 Å². The minimum atomic E-state index is -3.15. The number of carbonyl (C=O) groups excluding carboxylic acids is 1. The number of amides is 1. The van der Waals surface area contributed by atoms with E-state index in [1.165, 1.54) is 16.1 Å². The van der Waals surface area contributed by atoms with Gasteiger partial charge in [0.15, 0.2) is 0 Å². The number of aryl methyl sites for hydroxylation is 3. The fourth-order valence-electron chi connectivity index (χ4n) is 2.78. The summed E-state index contributed by atoms with van der Waals surface area (Å²) in [4.78, 5) is 12.4. The van der Waals surface area contributed by atoms with Crippen molar-refractivity contribution >= 4 is 21.6 Å². The molecule has 0 bridgehead atoms. The second-order valence-corrected chi connectivity index (χ2v) is 8.16. The third kappa shape index (κ3) is 3.87. The molecule has 0 aliphatic carbocycles. The van der Waals surface area contributed by atoms with Crippen molar-refractivity contribution in [1.82, 2.24) is 4.31 Å². The largest absolute Gasteiger partial charge is 0.326 e. The van der Waals surface area contributed by atoms with Crippen LogP contribution < -0.4 is 5.32 Å².